The summed E-state index contributed by atoms with van der Waals surface area (Å²) in [5.41, 5.74) is 4.78. The van der Waals surface area contributed by atoms with Crippen LogP contribution in [0.15, 0.2) is 41.6 Å². The second-order valence-corrected chi connectivity index (χ2v) is 12.6. The van der Waals surface area contributed by atoms with Crippen LogP contribution in [-0.2, 0) is 14.6 Å². The van der Waals surface area contributed by atoms with Crippen molar-refractivity contribution in [2.45, 2.75) is 63.2 Å². The molecule has 1 aliphatic heterocycles. The van der Waals surface area contributed by atoms with Crippen molar-refractivity contribution < 1.29 is 13.2 Å². The normalized spacial score (nSPS) is 20.2. The molecule has 1 amide bonds. The van der Waals surface area contributed by atoms with Crippen molar-refractivity contribution in [2.75, 3.05) is 17.3 Å². The van der Waals surface area contributed by atoms with Crippen LogP contribution in [0.5, 0.6) is 0 Å². The minimum Gasteiger partial charge on any atom is -0.335 e. The van der Waals surface area contributed by atoms with Gasteiger partial charge < -0.3 is 4.90 Å². The van der Waals surface area contributed by atoms with Gasteiger partial charge in [0.15, 0.2) is 15.0 Å². The molecule has 0 radical (unpaired) electrons. The van der Waals surface area contributed by atoms with E-state index in [1.165, 1.54) is 11.8 Å². The molecule has 34 heavy (non-hydrogen) atoms. The van der Waals surface area contributed by atoms with Crippen LogP contribution < -0.4 is 0 Å². The Morgan fingerprint density at radius 1 is 1.12 bits per heavy atom. The Balaban J connectivity index is 1.44. The molecule has 1 aliphatic carbocycles. The molecule has 1 aromatic carbocycles. The molecule has 0 N–H and O–H groups in total. The van der Waals surface area contributed by atoms with Gasteiger partial charge in [0.1, 0.15) is 0 Å². The zero-order valence-corrected chi connectivity index (χ0v) is 21.2. The smallest absolute Gasteiger partial charge is 0.233 e. The SMILES string of the molecule is Cc1cc(C)c2c(-c3ccccc3)nc(SCC(=O)N(C3CCCC3)C3CCS(=O)(=O)C3)n2n1. The molecular formula is C25H30N4O3S2. The number of rotatable bonds is 6. The molecule has 3 heterocycles. The maximum atomic E-state index is 13.5. The first-order chi connectivity index (χ1) is 16.3. The molecule has 3 aromatic rings. The van der Waals surface area contributed by atoms with Crippen molar-refractivity contribution in [3.05, 3.63) is 47.7 Å². The van der Waals surface area contributed by atoms with Gasteiger partial charge in [-0.25, -0.2) is 17.9 Å². The molecular weight excluding hydrogens is 468 g/mol. The Kier molecular flexibility index (Phi) is 6.41. The predicted molar refractivity (Wildman–Crippen MR) is 135 cm³/mol. The third-order valence-corrected chi connectivity index (χ3v) is 9.53. The van der Waals surface area contributed by atoms with E-state index in [1.54, 1.807) is 0 Å². The van der Waals surface area contributed by atoms with Gasteiger partial charge in [0.05, 0.1) is 34.2 Å². The van der Waals surface area contributed by atoms with Crippen LogP contribution in [-0.4, -0.2) is 63.2 Å². The van der Waals surface area contributed by atoms with E-state index in [2.05, 4.69) is 6.92 Å². The number of sulfone groups is 1. The van der Waals surface area contributed by atoms with Crippen LogP contribution in [0.2, 0.25) is 0 Å². The zero-order valence-electron chi connectivity index (χ0n) is 19.6. The Labute approximate surface area is 204 Å². The van der Waals surface area contributed by atoms with Crippen molar-refractivity contribution >= 4 is 33.0 Å². The Morgan fingerprint density at radius 3 is 2.53 bits per heavy atom. The third kappa shape index (κ3) is 4.60. The molecule has 180 valence electrons. The first kappa shape index (κ1) is 23.4. The molecule has 0 bridgehead atoms. The number of nitrogens with zero attached hydrogens (tertiary/aromatic N) is 4. The van der Waals surface area contributed by atoms with Gasteiger partial charge in [-0.3, -0.25) is 4.79 Å². The number of thioether (sulfide) groups is 1. The predicted octanol–water partition coefficient (Wildman–Crippen LogP) is 4.06. The van der Waals surface area contributed by atoms with E-state index in [4.69, 9.17) is 10.1 Å². The van der Waals surface area contributed by atoms with Crippen LogP contribution in [0.25, 0.3) is 16.8 Å². The van der Waals surface area contributed by atoms with Crippen LogP contribution in [0, 0.1) is 13.8 Å². The number of carbonyl (C=O) groups excluding carboxylic acids is 1. The number of carbonyl (C=O) groups is 1. The lowest BCUT2D eigenvalue weighted by molar-refractivity contribution is -0.132. The van der Waals surface area contributed by atoms with E-state index in [1.807, 2.05) is 52.7 Å². The number of aryl methyl sites for hydroxylation is 2. The third-order valence-electron chi connectivity index (χ3n) is 6.86. The summed E-state index contributed by atoms with van der Waals surface area (Å²) in [7, 11) is -3.06. The molecule has 5 rings (SSSR count). The van der Waals surface area contributed by atoms with Crippen LogP contribution in [0.3, 0.4) is 0 Å². The topological polar surface area (TPSA) is 84.6 Å². The number of amides is 1. The number of fused-ring (bicyclic) bond motifs is 1. The van der Waals surface area contributed by atoms with Crippen LogP contribution >= 0.6 is 11.8 Å². The summed E-state index contributed by atoms with van der Waals surface area (Å²) in [5.74, 6) is 0.482. The molecule has 1 unspecified atom stereocenters. The zero-order chi connectivity index (χ0) is 23.9. The lowest BCUT2D eigenvalue weighted by Crippen LogP contribution is -2.47. The number of imidazole rings is 1. The maximum Gasteiger partial charge on any atom is 0.233 e. The fourth-order valence-corrected chi connectivity index (χ4v) is 7.90. The van der Waals surface area contributed by atoms with Crippen molar-refractivity contribution in [1.82, 2.24) is 19.5 Å². The molecule has 0 spiro atoms. The van der Waals surface area contributed by atoms with Gasteiger partial charge in [0.2, 0.25) is 5.91 Å². The van der Waals surface area contributed by atoms with Gasteiger partial charge in [-0.1, -0.05) is 54.9 Å². The van der Waals surface area contributed by atoms with E-state index in [0.717, 1.165) is 53.7 Å². The quantitative estimate of drug-likeness (QED) is 0.477. The van der Waals surface area contributed by atoms with E-state index in [0.29, 0.717) is 11.6 Å². The van der Waals surface area contributed by atoms with Gasteiger partial charge in [-0.2, -0.15) is 5.10 Å². The molecule has 7 nitrogen and oxygen atoms in total. The Morgan fingerprint density at radius 2 is 1.85 bits per heavy atom. The maximum absolute atomic E-state index is 13.5. The largest absolute Gasteiger partial charge is 0.335 e. The monoisotopic (exact) mass is 498 g/mol. The van der Waals surface area contributed by atoms with Crippen molar-refractivity contribution in [3.8, 4) is 11.3 Å². The summed E-state index contributed by atoms with van der Waals surface area (Å²) in [4.78, 5) is 20.3. The fourth-order valence-electron chi connectivity index (χ4n) is 5.38. The summed E-state index contributed by atoms with van der Waals surface area (Å²) >= 11 is 1.39. The van der Waals surface area contributed by atoms with Gasteiger partial charge in [0, 0.05) is 17.6 Å². The number of hydrogen-bond acceptors (Lipinski definition) is 6. The molecule has 1 saturated carbocycles. The second kappa shape index (κ2) is 9.34. The molecule has 1 saturated heterocycles. The minimum atomic E-state index is -3.06. The molecule has 2 aliphatic rings. The number of benzene rings is 1. The summed E-state index contributed by atoms with van der Waals surface area (Å²) in [6, 6.07) is 12.0. The highest BCUT2D eigenvalue weighted by atomic mass is 32.2. The van der Waals surface area contributed by atoms with Gasteiger partial charge in [-0.15, -0.1) is 0 Å². The second-order valence-electron chi connectivity index (χ2n) is 9.42. The first-order valence-corrected chi connectivity index (χ1v) is 14.7. The summed E-state index contributed by atoms with van der Waals surface area (Å²) in [6.45, 7) is 4.01. The molecule has 2 aromatic heterocycles. The van der Waals surface area contributed by atoms with Gasteiger partial charge in [-0.05, 0) is 44.7 Å². The van der Waals surface area contributed by atoms with Gasteiger partial charge in [0.25, 0.3) is 0 Å². The van der Waals surface area contributed by atoms with Crippen molar-refractivity contribution in [3.63, 3.8) is 0 Å². The van der Waals surface area contributed by atoms with E-state index >= 15 is 0 Å². The highest BCUT2D eigenvalue weighted by Gasteiger charge is 2.39. The van der Waals surface area contributed by atoms with Gasteiger partial charge >= 0.3 is 0 Å². The molecule has 2 fully saturated rings. The average molecular weight is 499 g/mol. The average Bonchev–Trinajstić information content (AvgIpc) is 3.53. The van der Waals surface area contributed by atoms with Crippen molar-refractivity contribution in [2.24, 2.45) is 0 Å². The van der Waals surface area contributed by atoms with Crippen molar-refractivity contribution in [1.29, 1.82) is 0 Å². The van der Waals surface area contributed by atoms with Crippen LogP contribution in [0.1, 0.15) is 43.4 Å². The minimum absolute atomic E-state index is 0.00128. The van der Waals surface area contributed by atoms with Crippen LogP contribution in [0.4, 0.5) is 0 Å². The number of aromatic nitrogens is 3. The summed E-state index contributed by atoms with van der Waals surface area (Å²) in [5, 5.41) is 5.39. The molecule has 1 atom stereocenters. The van der Waals surface area contributed by atoms with E-state index in [9.17, 15) is 13.2 Å². The first-order valence-electron chi connectivity index (χ1n) is 11.9. The highest BCUT2D eigenvalue weighted by Crippen LogP contribution is 2.33. The summed E-state index contributed by atoms with van der Waals surface area (Å²) < 4.78 is 26.1. The highest BCUT2D eigenvalue weighted by molar-refractivity contribution is 7.99. The lowest BCUT2D eigenvalue weighted by atomic mass is 10.1. The fraction of sp³-hybridized carbons (Fsp3) is 0.480. The Hall–Kier alpha value is -2.39. The summed E-state index contributed by atoms with van der Waals surface area (Å²) in [6.07, 6.45) is 4.64. The standard InChI is InChI=1S/C25H30N4O3S2/c1-17-14-18(2)27-29-24(17)23(19-8-4-3-5-9-19)26-25(29)33-15-22(30)28(20-10-6-7-11-20)21-12-13-34(31,32)16-21/h3-5,8-9,14,20-21H,6-7,10-13,15-16H2,1-2H3. The number of hydrogen-bond donors (Lipinski definition) is 0. The van der Waals surface area contributed by atoms with E-state index in [-0.39, 0.29) is 35.2 Å². The van der Waals surface area contributed by atoms with E-state index < -0.39 is 9.84 Å². The lowest BCUT2D eigenvalue weighted by Gasteiger charge is -2.34. The Bertz CT molecular complexity index is 1310. The molecule has 9 heteroatoms.